The summed E-state index contributed by atoms with van der Waals surface area (Å²) in [6.07, 6.45) is 3.48. The molecule has 1 aliphatic rings. The summed E-state index contributed by atoms with van der Waals surface area (Å²) in [5, 5.41) is 3.37. The molecule has 0 bridgehead atoms. The number of rotatable bonds is 4. The smallest absolute Gasteiger partial charge is 0.325 e. The minimum atomic E-state index is -1.13. The Morgan fingerprint density at radius 2 is 1.89 bits per heavy atom. The summed E-state index contributed by atoms with van der Waals surface area (Å²) in [6.45, 7) is 1.77. The average Bonchev–Trinajstić information content (AvgIpc) is 3.15. The summed E-state index contributed by atoms with van der Waals surface area (Å²) in [5.74, 6) is 0.354. The van der Waals surface area contributed by atoms with Crippen molar-refractivity contribution in [3.8, 4) is 5.75 Å². The summed E-state index contributed by atoms with van der Waals surface area (Å²) >= 11 is 5.99. The van der Waals surface area contributed by atoms with Gasteiger partial charge in [-0.25, -0.2) is 9.78 Å². The number of pyridine rings is 1. The second kappa shape index (κ2) is 6.28. The Balaban J connectivity index is 1.61. The molecule has 0 unspecified atom stereocenters. The molecule has 1 aliphatic heterocycles. The molecular weight excluding hydrogens is 368 g/mol. The second-order valence-corrected chi connectivity index (χ2v) is 6.96. The first kappa shape index (κ1) is 17.4. The highest BCUT2D eigenvalue weighted by Crippen LogP contribution is 2.30. The number of fused-ring (bicyclic) bond motifs is 1. The molecule has 1 aromatic carbocycles. The van der Waals surface area contributed by atoms with Gasteiger partial charge in [0.2, 0.25) is 0 Å². The molecule has 1 atom stereocenters. The normalized spacial score (nSPS) is 19.6. The van der Waals surface area contributed by atoms with Crippen molar-refractivity contribution in [1.82, 2.24) is 19.6 Å². The molecule has 1 fully saturated rings. The summed E-state index contributed by atoms with van der Waals surface area (Å²) in [6, 6.07) is 10.1. The third-order valence-corrected chi connectivity index (χ3v) is 4.95. The van der Waals surface area contributed by atoms with E-state index in [9.17, 15) is 9.59 Å². The van der Waals surface area contributed by atoms with Crippen molar-refractivity contribution in [1.29, 1.82) is 0 Å². The average molecular weight is 385 g/mol. The van der Waals surface area contributed by atoms with Gasteiger partial charge in [0.15, 0.2) is 0 Å². The van der Waals surface area contributed by atoms with E-state index in [-0.39, 0.29) is 12.5 Å². The Morgan fingerprint density at radius 1 is 1.15 bits per heavy atom. The van der Waals surface area contributed by atoms with Crippen molar-refractivity contribution in [3.63, 3.8) is 0 Å². The first-order valence-electron chi connectivity index (χ1n) is 8.32. The van der Waals surface area contributed by atoms with Crippen molar-refractivity contribution in [2.45, 2.75) is 19.0 Å². The lowest BCUT2D eigenvalue weighted by Gasteiger charge is -2.22. The van der Waals surface area contributed by atoms with Gasteiger partial charge < -0.3 is 14.5 Å². The number of halogens is 1. The quantitative estimate of drug-likeness (QED) is 0.702. The van der Waals surface area contributed by atoms with Crippen molar-refractivity contribution in [2.24, 2.45) is 0 Å². The first-order valence-corrected chi connectivity index (χ1v) is 8.70. The van der Waals surface area contributed by atoms with Crippen LogP contribution >= 0.6 is 11.6 Å². The number of amides is 3. The zero-order chi connectivity index (χ0) is 19.2. The van der Waals surface area contributed by atoms with Gasteiger partial charge in [0.1, 0.15) is 16.9 Å². The molecule has 0 aliphatic carbocycles. The molecule has 1 saturated heterocycles. The van der Waals surface area contributed by atoms with Gasteiger partial charge in [0.05, 0.1) is 24.4 Å². The minimum absolute atomic E-state index is 0.0791. The number of nitrogens with zero attached hydrogens (tertiary/aromatic N) is 3. The fourth-order valence-corrected chi connectivity index (χ4v) is 3.38. The largest absolute Gasteiger partial charge is 0.497 e. The highest BCUT2D eigenvalue weighted by Gasteiger charge is 2.49. The Morgan fingerprint density at radius 3 is 2.59 bits per heavy atom. The Kier molecular flexibility index (Phi) is 4.04. The van der Waals surface area contributed by atoms with Gasteiger partial charge in [0, 0.05) is 12.4 Å². The van der Waals surface area contributed by atoms with Crippen molar-refractivity contribution in [3.05, 3.63) is 65.1 Å². The van der Waals surface area contributed by atoms with E-state index in [1.165, 1.54) is 4.90 Å². The number of imide groups is 1. The monoisotopic (exact) mass is 384 g/mol. The van der Waals surface area contributed by atoms with Gasteiger partial charge in [-0.1, -0.05) is 23.7 Å². The van der Waals surface area contributed by atoms with Gasteiger partial charge in [-0.15, -0.1) is 0 Å². The number of carbonyl (C=O) groups is 2. The predicted molar refractivity (Wildman–Crippen MR) is 99.6 cm³/mol. The summed E-state index contributed by atoms with van der Waals surface area (Å²) in [5.41, 5.74) is 0.844. The van der Waals surface area contributed by atoms with Crippen molar-refractivity contribution < 1.29 is 14.3 Å². The van der Waals surface area contributed by atoms with Crippen LogP contribution in [-0.4, -0.2) is 33.3 Å². The molecule has 3 heterocycles. The van der Waals surface area contributed by atoms with E-state index in [2.05, 4.69) is 10.3 Å². The molecule has 7 nitrogen and oxygen atoms in total. The Labute approximate surface area is 160 Å². The number of ether oxygens (including phenoxy) is 1. The molecule has 4 rings (SSSR count). The molecule has 8 heteroatoms. The first-order chi connectivity index (χ1) is 12.9. The van der Waals surface area contributed by atoms with E-state index >= 15 is 0 Å². The lowest BCUT2D eigenvalue weighted by atomic mass is 9.92. The molecule has 0 radical (unpaired) electrons. The molecular formula is C19H17ClN4O3. The summed E-state index contributed by atoms with van der Waals surface area (Å²) in [7, 11) is 1.57. The van der Waals surface area contributed by atoms with Crippen LogP contribution in [0.4, 0.5) is 4.79 Å². The molecule has 3 aromatic rings. The predicted octanol–water partition coefficient (Wildman–Crippen LogP) is 2.96. The van der Waals surface area contributed by atoms with E-state index in [1.807, 2.05) is 0 Å². The number of benzene rings is 1. The number of aromatic nitrogens is 2. The van der Waals surface area contributed by atoms with Crippen molar-refractivity contribution >= 4 is 29.2 Å². The van der Waals surface area contributed by atoms with E-state index in [0.717, 1.165) is 0 Å². The zero-order valence-corrected chi connectivity index (χ0v) is 15.5. The van der Waals surface area contributed by atoms with Crippen LogP contribution in [0.1, 0.15) is 18.2 Å². The number of imidazole rings is 1. The van der Waals surface area contributed by atoms with Crippen LogP contribution < -0.4 is 10.1 Å². The molecule has 27 heavy (non-hydrogen) atoms. The third kappa shape index (κ3) is 2.90. The van der Waals surface area contributed by atoms with Gasteiger partial charge in [-0.05, 0) is 36.8 Å². The number of methoxy groups -OCH3 is 1. The molecule has 2 aromatic heterocycles. The molecule has 1 N–H and O–H groups in total. The van der Waals surface area contributed by atoms with Crippen LogP contribution in [0.25, 0.3) is 5.65 Å². The standard InChI is InChI=1S/C19H17ClN4O3/c1-19(12-3-6-15(27-2)7-4-12)17(25)24(18(26)22-19)11-14-10-23-9-13(20)5-8-16(23)21-14/h3-10H,11H2,1-2H3,(H,22,26)/t19-/m1/s1. The lowest BCUT2D eigenvalue weighted by molar-refractivity contribution is -0.131. The minimum Gasteiger partial charge on any atom is -0.497 e. The number of carbonyl (C=O) groups excluding carboxylic acids is 2. The molecule has 0 spiro atoms. The van der Waals surface area contributed by atoms with E-state index in [1.54, 1.807) is 67.2 Å². The fraction of sp³-hybridized carbons (Fsp3) is 0.211. The van der Waals surface area contributed by atoms with Crippen LogP contribution in [0.15, 0.2) is 48.8 Å². The highest BCUT2D eigenvalue weighted by molar-refractivity contribution is 6.30. The van der Waals surface area contributed by atoms with Crippen LogP contribution in [0.3, 0.4) is 0 Å². The third-order valence-electron chi connectivity index (χ3n) is 4.73. The summed E-state index contributed by atoms with van der Waals surface area (Å²) < 4.78 is 6.91. The van der Waals surface area contributed by atoms with E-state index in [4.69, 9.17) is 16.3 Å². The van der Waals surface area contributed by atoms with Crippen LogP contribution in [0, 0.1) is 0 Å². The maximum absolute atomic E-state index is 13.0. The van der Waals surface area contributed by atoms with Gasteiger partial charge >= 0.3 is 6.03 Å². The second-order valence-electron chi connectivity index (χ2n) is 6.52. The summed E-state index contributed by atoms with van der Waals surface area (Å²) in [4.78, 5) is 31.1. The van der Waals surface area contributed by atoms with Gasteiger partial charge in [-0.2, -0.15) is 0 Å². The number of hydrogen-bond acceptors (Lipinski definition) is 4. The Bertz CT molecular complexity index is 1050. The van der Waals surface area contributed by atoms with Gasteiger partial charge in [-0.3, -0.25) is 9.69 Å². The van der Waals surface area contributed by atoms with E-state index < -0.39 is 11.6 Å². The molecule has 0 saturated carbocycles. The van der Waals surface area contributed by atoms with Crippen LogP contribution in [-0.2, 0) is 16.9 Å². The number of hydrogen-bond donors (Lipinski definition) is 1. The molecule has 3 amide bonds. The maximum Gasteiger partial charge on any atom is 0.325 e. The fourth-order valence-electron chi connectivity index (χ4n) is 3.22. The maximum atomic E-state index is 13.0. The van der Waals surface area contributed by atoms with Crippen LogP contribution in [0.5, 0.6) is 5.75 Å². The topological polar surface area (TPSA) is 75.9 Å². The Hall–Kier alpha value is -3.06. The van der Waals surface area contributed by atoms with E-state index in [0.29, 0.717) is 27.7 Å². The van der Waals surface area contributed by atoms with Crippen molar-refractivity contribution in [2.75, 3.05) is 7.11 Å². The van der Waals surface area contributed by atoms with Gasteiger partial charge in [0.25, 0.3) is 5.91 Å². The number of urea groups is 1. The SMILES string of the molecule is COc1ccc([C@@]2(C)NC(=O)N(Cc3cn4cc(Cl)ccc4n3)C2=O)cc1. The zero-order valence-electron chi connectivity index (χ0n) is 14.8. The van der Waals surface area contributed by atoms with Crippen LogP contribution in [0.2, 0.25) is 5.02 Å². The lowest BCUT2D eigenvalue weighted by Crippen LogP contribution is -2.40. The molecule has 138 valence electrons. The highest BCUT2D eigenvalue weighted by atomic mass is 35.5. The number of nitrogens with one attached hydrogen (secondary N) is 1.